The van der Waals surface area contributed by atoms with Gasteiger partial charge in [-0.25, -0.2) is 0 Å². The Balaban J connectivity index is 2.55. The third-order valence-electron chi connectivity index (χ3n) is 3.10. The van der Waals surface area contributed by atoms with Crippen molar-refractivity contribution in [3.05, 3.63) is 66.0 Å². The van der Waals surface area contributed by atoms with Crippen molar-refractivity contribution in [2.24, 2.45) is 5.92 Å². The van der Waals surface area contributed by atoms with Gasteiger partial charge in [0.2, 0.25) is 0 Å². The van der Waals surface area contributed by atoms with Crippen molar-refractivity contribution in [2.75, 3.05) is 0 Å². The van der Waals surface area contributed by atoms with Crippen molar-refractivity contribution >= 4 is 0 Å². The van der Waals surface area contributed by atoms with Crippen molar-refractivity contribution in [1.82, 2.24) is 4.98 Å². The Kier molecular flexibility index (Phi) is 3.25. The number of hydrogen-bond acceptors (Lipinski definition) is 2. The van der Waals surface area contributed by atoms with E-state index >= 15 is 0 Å². The largest absolute Gasteiger partial charge is 0.378 e. The maximum atomic E-state index is 11.0. The molecule has 0 aliphatic carbocycles. The highest BCUT2D eigenvalue weighted by Gasteiger charge is 2.36. The summed E-state index contributed by atoms with van der Waals surface area (Å²) in [5, 5.41) is 11.0. The number of rotatable bonds is 3. The standard InChI is InChI=1S/C15H17NO/c1-12(2)15(17,13-8-4-3-5-9-13)14-10-6-7-11-16-14/h3-12,17H,1-2H3. The van der Waals surface area contributed by atoms with E-state index < -0.39 is 5.60 Å². The third kappa shape index (κ3) is 2.08. The van der Waals surface area contributed by atoms with Gasteiger partial charge in [0.1, 0.15) is 5.60 Å². The molecule has 2 nitrogen and oxygen atoms in total. The Morgan fingerprint density at radius 3 is 2.18 bits per heavy atom. The molecule has 0 saturated heterocycles. The molecule has 88 valence electrons. The van der Waals surface area contributed by atoms with Gasteiger partial charge in [-0.05, 0) is 23.6 Å². The van der Waals surface area contributed by atoms with E-state index in [0.717, 1.165) is 5.56 Å². The van der Waals surface area contributed by atoms with E-state index in [1.807, 2.05) is 62.4 Å². The second-order valence-corrected chi connectivity index (χ2v) is 4.50. The molecule has 0 bridgehead atoms. The maximum Gasteiger partial charge on any atom is 0.134 e. The van der Waals surface area contributed by atoms with Crippen molar-refractivity contribution < 1.29 is 5.11 Å². The highest BCUT2D eigenvalue weighted by Crippen LogP contribution is 2.35. The van der Waals surface area contributed by atoms with Crippen LogP contribution in [0.1, 0.15) is 25.1 Å². The summed E-state index contributed by atoms with van der Waals surface area (Å²) in [5.41, 5.74) is 0.553. The van der Waals surface area contributed by atoms with Crippen LogP contribution >= 0.6 is 0 Å². The fraction of sp³-hybridized carbons (Fsp3) is 0.267. The molecule has 17 heavy (non-hydrogen) atoms. The molecule has 2 rings (SSSR count). The molecule has 1 aromatic heterocycles. The Morgan fingerprint density at radius 1 is 1.00 bits per heavy atom. The number of pyridine rings is 1. The lowest BCUT2D eigenvalue weighted by Crippen LogP contribution is -2.34. The minimum atomic E-state index is -1.03. The summed E-state index contributed by atoms with van der Waals surface area (Å²) in [7, 11) is 0. The fourth-order valence-electron chi connectivity index (χ4n) is 2.06. The predicted molar refractivity (Wildman–Crippen MR) is 68.5 cm³/mol. The fourth-order valence-corrected chi connectivity index (χ4v) is 2.06. The van der Waals surface area contributed by atoms with Crippen LogP contribution in [0.2, 0.25) is 0 Å². The first-order valence-electron chi connectivity index (χ1n) is 5.85. The topological polar surface area (TPSA) is 33.1 Å². The summed E-state index contributed by atoms with van der Waals surface area (Å²) < 4.78 is 0. The zero-order valence-electron chi connectivity index (χ0n) is 10.2. The molecule has 0 aliphatic rings. The SMILES string of the molecule is CC(C)C(O)(c1ccccc1)c1ccccn1. The van der Waals surface area contributed by atoms with Gasteiger partial charge in [0.25, 0.3) is 0 Å². The summed E-state index contributed by atoms with van der Waals surface area (Å²) in [6.45, 7) is 4.00. The van der Waals surface area contributed by atoms with Gasteiger partial charge in [-0.15, -0.1) is 0 Å². The van der Waals surface area contributed by atoms with Gasteiger partial charge < -0.3 is 5.11 Å². The molecule has 1 unspecified atom stereocenters. The zero-order valence-corrected chi connectivity index (χ0v) is 10.2. The molecule has 0 amide bonds. The van der Waals surface area contributed by atoms with Gasteiger partial charge in [0, 0.05) is 6.20 Å². The Hall–Kier alpha value is -1.67. The number of aliphatic hydroxyl groups is 1. The van der Waals surface area contributed by atoms with Crippen LogP contribution in [0.5, 0.6) is 0 Å². The van der Waals surface area contributed by atoms with Crippen molar-refractivity contribution in [3.63, 3.8) is 0 Å². The molecule has 1 atom stereocenters. The minimum Gasteiger partial charge on any atom is -0.378 e. The molecule has 1 aromatic carbocycles. The van der Waals surface area contributed by atoms with Gasteiger partial charge in [-0.2, -0.15) is 0 Å². The van der Waals surface area contributed by atoms with Crippen LogP contribution < -0.4 is 0 Å². The molecule has 1 heterocycles. The first-order valence-corrected chi connectivity index (χ1v) is 5.85. The van der Waals surface area contributed by atoms with Crippen LogP contribution in [-0.2, 0) is 5.60 Å². The van der Waals surface area contributed by atoms with Gasteiger partial charge in [-0.3, -0.25) is 4.98 Å². The first kappa shape index (κ1) is 11.8. The van der Waals surface area contributed by atoms with Gasteiger partial charge in [0.15, 0.2) is 0 Å². The summed E-state index contributed by atoms with van der Waals surface area (Å²) in [5.74, 6) is 0.0554. The monoisotopic (exact) mass is 227 g/mol. The van der Waals surface area contributed by atoms with Gasteiger partial charge in [-0.1, -0.05) is 50.2 Å². The van der Waals surface area contributed by atoms with Crippen LogP contribution in [0.25, 0.3) is 0 Å². The molecule has 0 fully saturated rings. The van der Waals surface area contributed by atoms with Crippen LogP contribution in [0.15, 0.2) is 54.7 Å². The van der Waals surface area contributed by atoms with E-state index in [1.165, 1.54) is 0 Å². The van der Waals surface area contributed by atoms with Crippen LogP contribution in [0, 0.1) is 5.92 Å². The van der Waals surface area contributed by atoms with Crippen molar-refractivity contribution in [1.29, 1.82) is 0 Å². The summed E-state index contributed by atoms with van der Waals surface area (Å²) >= 11 is 0. The van der Waals surface area contributed by atoms with Crippen molar-refractivity contribution in [2.45, 2.75) is 19.4 Å². The normalized spacial score (nSPS) is 14.6. The Bertz CT molecular complexity index is 425. The average Bonchev–Trinajstić information content (AvgIpc) is 2.39. The van der Waals surface area contributed by atoms with E-state index in [0.29, 0.717) is 5.69 Å². The predicted octanol–water partition coefficient (Wildman–Crippen LogP) is 2.97. The zero-order chi connectivity index (χ0) is 12.3. The highest BCUT2D eigenvalue weighted by molar-refractivity contribution is 5.32. The van der Waals surface area contributed by atoms with Gasteiger partial charge >= 0.3 is 0 Å². The minimum absolute atomic E-state index is 0.0554. The molecular weight excluding hydrogens is 210 g/mol. The maximum absolute atomic E-state index is 11.0. The lowest BCUT2D eigenvalue weighted by molar-refractivity contribution is 0.0275. The van der Waals surface area contributed by atoms with E-state index in [9.17, 15) is 5.11 Å². The third-order valence-corrected chi connectivity index (χ3v) is 3.10. The second kappa shape index (κ2) is 4.68. The molecule has 2 aromatic rings. The van der Waals surface area contributed by atoms with E-state index in [2.05, 4.69) is 4.98 Å². The smallest absolute Gasteiger partial charge is 0.134 e. The first-order chi connectivity index (χ1) is 8.15. The summed E-state index contributed by atoms with van der Waals surface area (Å²) in [6.07, 6.45) is 1.71. The molecule has 1 N–H and O–H groups in total. The van der Waals surface area contributed by atoms with E-state index in [-0.39, 0.29) is 5.92 Å². The van der Waals surface area contributed by atoms with Crippen LogP contribution in [0.3, 0.4) is 0 Å². The van der Waals surface area contributed by atoms with Crippen LogP contribution in [0.4, 0.5) is 0 Å². The molecule has 2 heteroatoms. The molecule has 0 saturated carbocycles. The lowest BCUT2D eigenvalue weighted by atomic mass is 9.80. The second-order valence-electron chi connectivity index (χ2n) is 4.50. The number of nitrogens with zero attached hydrogens (tertiary/aromatic N) is 1. The number of aromatic nitrogens is 1. The van der Waals surface area contributed by atoms with E-state index in [1.54, 1.807) is 6.20 Å². The average molecular weight is 227 g/mol. The van der Waals surface area contributed by atoms with Gasteiger partial charge in [0.05, 0.1) is 5.69 Å². The molecule has 0 radical (unpaired) electrons. The Labute approximate surface area is 102 Å². The number of benzene rings is 1. The van der Waals surface area contributed by atoms with Crippen LogP contribution in [-0.4, -0.2) is 10.1 Å². The molecule has 0 spiro atoms. The lowest BCUT2D eigenvalue weighted by Gasteiger charge is -2.32. The summed E-state index contributed by atoms with van der Waals surface area (Å²) in [4.78, 5) is 4.30. The van der Waals surface area contributed by atoms with Crippen molar-refractivity contribution in [3.8, 4) is 0 Å². The summed E-state index contributed by atoms with van der Waals surface area (Å²) in [6, 6.07) is 15.3. The number of hydrogen-bond donors (Lipinski definition) is 1. The molecular formula is C15H17NO. The molecule has 0 aliphatic heterocycles. The highest BCUT2D eigenvalue weighted by atomic mass is 16.3. The quantitative estimate of drug-likeness (QED) is 0.874. The Morgan fingerprint density at radius 2 is 1.65 bits per heavy atom. The van der Waals surface area contributed by atoms with E-state index in [4.69, 9.17) is 0 Å².